The zero-order valence-corrected chi connectivity index (χ0v) is 14.0. The van der Waals surface area contributed by atoms with Crippen molar-refractivity contribution in [1.29, 1.82) is 0 Å². The summed E-state index contributed by atoms with van der Waals surface area (Å²) < 4.78 is 0. The Hall–Kier alpha value is -2.81. The van der Waals surface area contributed by atoms with Gasteiger partial charge in [-0.15, -0.1) is 0 Å². The lowest BCUT2D eigenvalue weighted by Gasteiger charge is -2.18. The molecule has 0 aliphatic heterocycles. The maximum Gasteiger partial charge on any atom is 0.244 e. The topological polar surface area (TPSA) is 113 Å². The quantitative estimate of drug-likeness (QED) is 0.733. The minimum atomic E-state index is -0.423. The molecule has 9 nitrogen and oxygen atoms in total. The number of fused-ring (bicyclic) bond motifs is 1. The molecule has 0 saturated carbocycles. The van der Waals surface area contributed by atoms with E-state index in [9.17, 15) is 4.79 Å². The van der Waals surface area contributed by atoms with Crippen LogP contribution in [0.2, 0.25) is 5.15 Å². The van der Waals surface area contributed by atoms with E-state index < -0.39 is 6.04 Å². The summed E-state index contributed by atoms with van der Waals surface area (Å²) in [4.78, 5) is 30.4. The van der Waals surface area contributed by atoms with Crippen LogP contribution < -0.4 is 5.32 Å². The predicted octanol–water partition coefficient (Wildman–Crippen LogP) is 1.35. The van der Waals surface area contributed by atoms with Crippen LogP contribution in [0.25, 0.3) is 22.7 Å². The summed E-state index contributed by atoms with van der Waals surface area (Å²) in [5.74, 6) is 0.805. The van der Waals surface area contributed by atoms with Gasteiger partial charge in [0, 0.05) is 20.3 Å². The van der Waals surface area contributed by atoms with Gasteiger partial charge < -0.3 is 10.2 Å². The maximum absolute atomic E-state index is 11.9. The number of nitrogens with zero attached hydrogens (tertiary/aromatic N) is 6. The van der Waals surface area contributed by atoms with Crippen LogP contribution in [0.3, 0.4) is 0 Å². The van der Waals surface area contributed by atoms with Crippen LogP contribution in [0.1, 0.15) is 6.92 Å². The summed E-state index contributed by atoms with van der Waals surface area (Å²) in [6.45, 7) is 1.76. The van der Waals surface area contributed by atoms with Crippen LogP contribution in [-0.2, 0) is 4.79 Å². The molecule has 3 rings (SSSR count). The highest BCUT2D eigenvalue weighted by Gasteiger charge is 2.17. The molecular formula is C14H15ClN8O. The van der Waals surface area contributed by atoms with Crippen molar-refractivity contribution >= 4 is 34.5 Å². The zero-order chi connectivity index (χ0) is 17.3. The molecule has 0 aromatic carbocycles. The fraction of sp³-hybridized carbons (Fsp3) is 0.286. The maximum atomic E-state index is 11.9. The minimum absolute atomic E-state index is 0.0574. The van der Waals surface area contributed by atoms with Gasteiger partial charge in [0.15, 0.2) is 17.2 Å². The highest BCUT2D eigenvalue weighted by atomic mass is 35.5. The van der Waals surface area contributed by atoms with Crippen LogP contribution in [0.15, 0.2) is 18.5 Å². The van der Waals surface area contributed by atoms with Gasteiger partial charge in [0.25, 0.3) is 0 Å². The van der Waals surface area contributed by atoms with E-state index in [1.165, 1.54) is 11.1 Å². The Kier molecular flexibility index (Phi) is 4.26. The number of aromatic nitrogens is 6. The number of anilines is 1. The molecule has 1 atom stereocenters. The summed E-state index contributed by atoms with van der Waals surface area (Å²) in [6.07, 6.45) is 3.01. The highest BCUT2D eigenvalue weighted by Crippen LogP contribution is 2.22. The second kappa shape index (κ2) is 6.36. The van der Waals surface area contributed by atoms with Crippen LogP contribution >= 0.6 is 11.6 Å². The number of H-pyrrole nitrogens is 1. The number of halogens is 1. The van der Waals surface area contributed by atoms with Crippen molar-refractivity contribution in [3.05, 3.63) is 23.6 Å². The van der Waals surface area contributed by atoms with Crippen molar-refractivity contribution in [2.75, 3.05) is 19.4 Å². The lowest BCUT2D eigenvalue weighted by atomic mass is 10.3. The summed E-state index contributed by atoms with van der Waals surface area (Å²) in [5.41, 5.74) is 1.42. The van der Waals surface area contributed by atoms with E-state index in [2.05, 4.69) is 35.5 Å². The SMILES string of the molecule is C[C@H](Nc1ccnc(-c2n[nH]c3ncc(Cl)nc23)n1)C(=O)N(C)C. The summed E-state index contributed by atoms with van der Waals surface area (Å²) >= 11 is 5.89. The third kappa shape index (κ3) is 3.11. The Balaban J connectivity index is 1.92. The highest BCUT2D eigenvalue weighted by molar-refractivity contribution is 6.29. The largest absolute Gasteiger partial charge is 0.359 e. The fourth-order valence-electron chi connectivity index (χ4n) is 2.16. The number of aromatic amines is 1. The van der Waals surface area contributed by atoms with Crippen LogP contribution in [0.4, 0.5) is 5.82 Å². The molecule has 0 unspecified atom stereocenters. The van der Waals surface area contributed by atoms with Crippen molar-refractivity contribution in [3.8, 4) is 11.5 Å². The van der Waals surface area contributed by atoms with Crippen molar-refractivity contribution in [2.24, 2.45) is 0 Å². The molecule has 24 heavy (non-hydrogen) atoms. The van der Waals surface area contributed by atoms with Gasteiger partial charge in [-0.1, -0.05) is 11.6 Å². The molecule has 0 aliphatic carbocycles. The molecule has 3 heterocycles. The molecule has 0 spiro atoms. The first-order valence-corrected chi connectivity index (χ1v) is 7.51. The Morgan fingerprint density at radius 1 is 1.33 bits per heavy atom. The lowest BCUT2D eigenvalue weighted by Crippen LogP contribution is -2.36. The number of nitrogens with one attached hydrogen (secondary N) is 2. The third-order valence-corrected chi connectivity index (χ3v) is 3.47. The molecule has 0 aliphatic rings. The van der Waals surface area contributed by atoms with E-state index in [4.69, 9.17) is 11.6 Å². The van der Waals surface area contributed by atoms with Gasteiger partial charge in [-0.3, -0.25) is 9.89 Å². The van der Waals surface area contributed by atoms with Crippen molar-refractivity contribution in [2.45, 2.75) is 13.0 Å². The lowest BCUT2D eigenvalue weighted by molar-refractivity contribution is -0.129. The number of hydrogen-bond acceptors (Lipinski definition) is 7. The van der Waals surface area contributed by atoms with E-state index in [1.807, 2.05) is 0 Å². The minimum Gasteiger partial charge on any atom is -0.359 e. The molecule has 0 saturated heterocycles. The first-order valence-electron chi connectivity index (χ1n) is 7.13. The number of hydrogen-bond donors (Lipinski definition) is 2. The number of likely N-dealkylation sites (N-methyl/N-ethyl adjacent to an activating group) is 1. The Morgan fingerprint density at radius 2 is 2.12 bits per heavy atom. The van der Waals surface area contributed by atoms with Gasteiger partial charge in [-0.2, -0.15) is 5.10 Å². The zero-order valence-electron chi connectivity index (χ0n) is 13.3. The predicted molar refractivity (Wildman–Crippen MR) is 89.5 cm³/mol. The molecular weight excluding hydrogens is 332 g/mol. The Labute approximate surface area is 142 Å². The van der Waals surface area contributed by atoms with E-state index in [-0.39, 0.29) is 11.1 Å². The smallest absolute Gasteiger partial charge is 0.244 e. The molecule has 0 fully saturated rings. The first-order chi connectivity index (χ1) is 11.5. The van der Waals surface area contributed by atoms with Crippen molar-refractivity contribution in [1.82, 2.24) is 35.0 Å². The van der Waals surface area contributed by atoms with Gasteiger partial charge >= 0.3 is 0 Å². The molecule has 0 radical (unpaired) electrons. The van der Waals surface area contributed by atoms with E-state index in [0.29, 0.717) is 28.5 Å². The number of amides is 1. The molecule has 3 aromatic rings. The summed E-state index contributed by atoms with van der Waals surface area (Å²) in [6, 6.07) is 1.25. The van der Waals surface area contributed by atoms with Crippen LogP contribution in [0.5, 0.6) is 0 Å². The molecule has 124 valence electrons. The normalized spacial score (nSPS) is 12.2. The monoisotopic (exact) mass is 346 g/mol. The van der Waals surface area contributed by atoms with Crippen molar-refractivity contribution in [3.63, 3.8) is 0 Å². The second-order valence-corrected chi connectivity index (χ2v) is 5.71. The molecule has 1 amide bonds. The van der Waals surface area contributed by atoms with Crippen molar-refractivity contribution < 1.29 is 4.79 Å². The van der Waals surface area contributed by atoms with E-state index >= 15 is 0 Å². The average molecular weight is 347 g/mol. The van der Waals surface area contributed by atoms with Gasteiger partial charge in [0.1, 0.15) is 22.5 Å². The first kappa shape index (κ1) is 16.1. The number of rotatable bonds is 4. The molecule has 2 N–H and O–H groups in total. The van der Waals surface area contributed by atoms with Gasteiger partial charge in [-0.25, -0.2) is 19.9 Å². The molecule has 3 aromatic heterocycles. The van der Waals surface area contributed by atoms with E-state index in [0.717, 1.165) is 0 Å². The summed E-state index contributed by atoms with van der Waals surface area (Å²) in [5, 5.41) is 10.2. The Bertz CT molecular complexity index is 893. The fourth-order valence-corrected chi connectivity index (χ4v) is 2.29. The van der Waals surface area contributed by atoms with Gasteiger partial charge in [0.2, 0.25) is 5.91 Å². The average Bonchev–Trinajstić information content (AvgIpc) is 2.97. The van der Waals surface area contributed by atoms with Crippen LogP contribution in [0, 0.1) is 0 Å². The number of carbonyl (C=O) groups is 1. The van der Waals surface area contributed by atoms with E-state index in [1.54, 1.807) is 33.3 Å². The van der Waals surface area contributed by atoms with Gasteiger partial charge in [-0.05, 0) is 13.0 Å². The van der Waals surface area contributed by atoms with Gasteiger partial charge in [0.05, 0.1) is 6.20 Å². The Morgan fingerprint density at radius 3 is 2.88 bits per heavy atom. The molecule has 0 bridgehead atoms. The standard InChI is InChI=1S/C14H15ClN8O/c1-7(14(24)23(2)3)18-9-4-5-16-12(20-9)11-10-13(22-21-11)17-6-8(15)19-10/h4-7H,1-3H3,(H,16,18,20)(H,17,21,22)/t7-/m0/s1. The summed E-state index contributed by atoms with van der Waals surface area (Å²) in [7, 11) is 3.40. The molecule has 10 heteroatoms. The third-order valence-electron chi connectivity index (χ3n) is 3.28. The van der Waals surface area contributed by atoms with Crippen LogP contribution in [-0.4, -0.2) is 61.1 Å². The second-order valence-electron chi connectivity index (χ2n) is 5.33. The number of carbonyl (C=O) groups excluding carboxylic acids is 1.